The summed E-state index contributed by atoms with van der Waals surface area (Å²) in [5, 5.41) is 6.37. The Kier molecular flexibility index (Phi) is 4.64. The average Bonchev–Trinajstić information content (AvgIpc) is 2.58. The Morgan fingerprint density at radius 1 is 0.696 bits per heavy atom. The zero-order chi connectivity index (χ0) is 16.1. The van der Waals surface area contributed by atoms with Crippen LogP contribution in [0.4, 0.5) is 15.8 Å². The zero-order valence-electron chi connectivity index (χ0n) is 12.3. The number of nitrogens with one attached hydrogen (secondary N) is 2. The standard InChI is InChI=1S/C19H15FN2S/c20-16-11-5-7-13-18(16)22-19(23)21-17-12-6-4-10-15(17)14-8-2-1-3-9-14/h1-13H,(H2,21,22,23). The topological polar surface area (TPSA) is 24.1 Å². The van der Waals surface area contributed by atoms with Gasteiger partial charge in [-0.1, -0.05) is 60.7 Å². The van der Waals surface area contributed by atoms with Crippen LogP contribution in [0.1, 0.15) is 0 Å². The van der Waals surface area contributed by atoms with Gasteiger partial charge in [0.15, 0.2) is 5.11 Å². The molecule has 3 aromatic carbocycles. The van der Waals surface area contributed by atoms with Crippen molar-refractivity contribution in [3.8, 4) is 11.1 Å². The number of thiocarbonyl (C=S) groups is 1. The summed E-state index contributed by atoms with van der Waals surface area (Å²) in [4.78, 5) is 0. The van der Waals surface area contributed by atoms with Crippen molar-refractivity contribution in [2.24, 2.45) is 0 Å². The van der Waals surface area contributed by atoms with Crippen LogP contribution < -0.4 is 10.6 Å². The van der Waals surface area contributed by atoms with Crippen LogP contribution in [0.15, 0.2) is 78.9 Å². The van der Waals surface area contributed by atoms with Crippen molar-refractivity contribution in [2.45, 2.75) is 0 Å². The van der Waals surface area contributed by atoms with E-state index in [0.29, 0.717) is 10.8 Å². The summed E-state index contributed by atoms with van der Waals surface area (Å²) in [7, 11) is 0. The molecule has 0 aromatic heterocycles. The third kappa shape index (κ3) is 3.73. The highest BCUT2D eigenvalue weighted by Crippen LogP contribution is 2.27. The van der Waals surface area contributed by atoms with Crippen LogP contribution in [0, 0.1) is 5.82 Å². The zero-order valence-corrected chi connectivity index (χ0v) is 13.1. The molecule has 0 aliphatic heterocycles. The van der Waals surface area contributed by atoms with Crippen molar-refractivity contribution in [1.29, 1.82) is 0 Å². The first kappa shape index (κ1) is 15.2. The van der Waals surface area contributed by atoms with Gasteiger partial charge in [-0.25, -0.2) is 4.39 Å². The molecule has 0 atom stereocenters. The maximum atomic E-state index is 13.7. The molecule has 0 aliphatic carbocycles. The number of hydrogen-bond acceptors (Lipinski definition) is 1. The fourth-order valence-electron chi connectivity index (χ4n) is 2.30. The van der Waals surface area contributed by atoms with Gasteiger partial charge in [0.25, 0.3) is 0 Å². The Bertz CT molecular complexity index is 818. The Labute approximate surface area is 140 Å². The number of halogens is 1. The third-order valence-corrected chi connectivity index (χ3v) is 3.59. The minimum atomic E-state index is -0.340. The summed E-state index contributed by atoms with van der Waals surface area (Å²) in [5.74, 6) is -0.340. The highest BCUT2D eigenvalue weighted by Gasteiger charge is 2.07. The Morgan fingerprint density at radius 3 is 2.00 bits per heavy atom. The molecular formula is C19H15FN2S. The van der Waals surface area contributed by atoms with Crippen molar-refractivity contribution >= 4 is 28.7 Å². The predicted molar refractivity (Wildman–Crippen MR) is 98.1 cm³/mol. The highest BCUT2D eigenvalue weighted by atomic mass is 32.1. The second-order valence-corrected chi connectivity index (χ2v) is 5.38. The summed E-state index contributed by atoms with van der Waals surface area (Å²) in [6.07, 6.45) is 0. The second kappa shape index (κ2) is 7.03. The van der Waals surface area contributed by atoms with Crippen LogP contribution in [0.5, 0.6) is 0 Å². The predicted octanol–water partition coefficient (Wildman–Crippen LogP) is 5.30. The largest absolute Gasteiger partial charge is 0.332 e. The molecule has 3 rings (SSSR count). The highest BCUT2D eigenvalue weighted by molar-refractivity contribution is 7.80. The van der Waals surface area contributed by atoms with Crippen molar-refractivity contribution in [3.05, 3.63) is 84.7 Å². The van der Waals surface area contributed by atoms with E-state index in [-0.39, 0.29) is 5.82 Å². The van der Waals surface area contributed by atoms with E-state index < -0.39 is 0 Å². The fraction of sp³-hybridized carbons (Fsp3) is 0. The van der Waals surface area contributed by atoms with E-state index in [1.165, 1.54) is 6.07 Å². The Hall–Kier alpha value is -2.72. The normalized spacial score (nSPS) is 10.1. The van der Waals surface area contributed by atoms with Gasteiger partial charge in [-0.05, 0) is 36.0 Å². The maximum absolute atomic E-state index is 13.7. The van der Waals surface area contributed by atoms with Crippen LogP contribution in [0.3, 0.4) is 0 Å². The summed E-state index contributed by atoms with van der Waals surface area (Å²) in [6, 6.07) is 24.3. The number of anilines is 2. The number of hydrogen-bond donors (Lipinski definition) is 2. The summed E-state index contributed by atoms with van der Waals surface area (Å²) in [5.41, 5.74) is 3.34. The summed E-state index contributed by atoms with van der Waals surface area (Å²) in [6.45, 7) is 0. The van der Waals surface area contributed by atoms with Crippen LogP contribution in [0.25, 0.3) is 11.1 Å². The van der Waals surface area contributed by atoms with Gasteiger partial charge in [-0.2, -0.15) is 0 Å². The molecule has 0 unspecified atom stereocenters. The third-order valence-electron chi connectivity index (χ3n) is 3.38. The first-order chi connectivity index (χ1) is 11.2. The van der Waals surface area contributed by atoms with Gasteiger partial charge in [0.05, 0.1) is 5.69 Å². The minimum Gasteiger partial charge on any atom is -0.332 e. The van der Waals surface area contributed by atoms with Crippen LogP contribution in [0.2, 0.25) is 0 Å². The fourth-order valence-corrected chi connectivity index (χ4v) is 2.52. The molecule has 0 radical (unpaired) electrons. The molecule has 2 nitrogen and oxygen atoms in total. The second-order valence-electron chi connectivity index (χ2n) is 4.97. The molecule has 0 saturated heterocycles. The first-order valence-corrected chi connectivity index (χ1v) is 7.62. The molecule has 0 spiro atoms. The van der Waals surface area contributed by atoms with E-state index in [1.54, 1.807) is 18.2 Å². The summed E-state index contributed by atoms with van der Waals surface area (Å²) >= 11 is 5.30. The monoisotopic (exact) mass is 322 g/mol. The van der Waals surface area contributed by atoms with E-state index in [0.717, 1.165) is 16.8 Å². The molecule has 3 aromatic rings. The number of benzene rings is 3. The number of rotatable bonds is 3. The smallest absolute Gasteiger partial charge is 0.175 e. The van der Waals surface area contributed by atoms with Crippen molar-refractivity contribution in [1.82, 2.24) is 0 Å². The van der Waals surface area contributed by atoms with Gasteiger partial charge in [-0.15, -0.1) is 0 Å². The Balaban J connectivity index is 1.81. The van der Waals surface area contributed by atoms with Crippen molar-refractivity contribution < 1.29 is 4.39 Å². The lowest BCUT2D eigenvalue weighted by molar-refractivity contribution is 0.632. The van der Waals surface area contributed by atoms with E-state index in [4.69, 9.17) is 12.2 Å². The van der Waals surface area contributed by atoms with Crippen molar-refractivity contribution in [3.63, 3.8) is 0 Å². The van der Waals surface area contributed by atoms with Gasteiger partial charge in [-0.3, -0.25) is 0 Å². The molecule has 0 saturated carbocycles. The molecule has 0 amide bonds. The van der Waals surface area contributed by atoms with Crippen LogP contribution >= 0.6 is 12.2 Å². The molecule has 0 fully saturated rings. The molecule has 114 valence electrons. The average molecular weight is 322 g/mol. The van der Waals surface area contributed by atoms with E-state index >= 15 is 0 Å². The van der Waals surface area contributed by atoms with Gasteiger partial charge >= 0.3 is 0 Å². The maximum Gasteiger partial charge on any atom is 0.175 e. The molecular weight excluding hydrogens is 307 g/mol. The van der Waals surface area contributed by atoms with Gasteiger partial charge in [0.2, 0.25) is 0 Å². The van der Waals surface area contributed by atoms with Crippen LogP contribution in [-0.4, -0.2) is 5.11 Å². The Morgan fingerprint density at radius 2 is 1.26 bits per heavy atom. The lowest BCUT2D eigenvalue weighted by Gasteiger charge is -2.14. The van der Waals surface area contributed by atoms with E-state index in [2.05, 4.69) is 10.6 Å². The number of para-hydroxylation sites is 2. The van der Waals surface area contributed by atoms with Gasteiger partial charge < -0.3 is 10.6 Å². The lowest BCUT2D eigenvalue weighted by atomic mass is 10.0. The molecule has 0 heterocycles. The molecule has 23 heavy (non-hydrogen) atoms. The first-order valence-electron chi connectivity index (χ1n) is 7.21. The van der Waals surface area contributed by atoms with E-state index in [9.17, 15) is 4.39 Å². The van der Waals surface area contributed by atoms with Crippen LogP contribution in [-0.2, 0) is 0 Å². The lowest BCUT2D eigenvalue weighted by Crippen LogP contribution is -2.20. The van der Waals surface area contributed by atoms with Gasteiger partial charge in [0.1, 0.15) is 5.82 Å². The molecule has 0 aliphatic rings. The molecule has 0 bridgehead atoms. The molecule has 4 heteroatoms. The SMILES string of the molecule is Fc1ccccc1NC(=S)Nc1ccccc1-c1ccccc1. The van der Waals surface area contributed by atoms with E-state index in [1.807, 2.05) is 54.6 Å². The summed E-state index contributed by atoms with van der Waals surface area (Å²) < 4.78 is 13.7. The molecule has 2 N–H and O–H groups in total. The van der Waals surface area contributed by atoms with Crippen molar-refractivity contribution in [2.75, 3.05) is 10.6 Å². The van der Waals surface area contributed by atoms with Gasteiger partial charge in [0, 0.05) is 11.3 Å². The quantitative estimate of drug-likeness (QED) is 0.640. The minimum absolute atomic E-state index is 0.340.